The van der Waals surface area contributed by atoms with E-state index in [0.717, 1.165) is 28.3 Å². The van der Waals surface area contributed by atoms with Crippen molar-refractivity contribution in [3.05, 3.63) is 72.4 Å². The molecule has 0 radical (unpaired) electrons. The van der Waals surface area contributed by atoms with E-state index in [2.05, 4.69) is 104 Å². The molecule has 0 amide bonds. The zero-order valence-corrected chi connectivity index (χ0v) is 24.2. The molecule has 1 aliphatic heterocycles. The molecule has 1 aliphatic rings. The lowest BCUT2D eigenvalue weighted by Gasteiger charge is -2.28. The van der Waals surface area contributed by atoms with Gasteiger partial charge in [-0.25, -0.2) is 4.98 Å². The van der Waals surface area contributed by atoms with E-state index >= 15 is 0 Å². The summed E-state index contributed by atoms with van der Waals surface area (Å²) in [5.74, 6) is 2.22. The summed E-state index contributed by atoms with van der Waals surface area (Å²) in [6, 6.07) is 16.9. The second-order valence-corrected chi connectivity index (χ2v) is 10.2. The quantitative estimate of drug-likeness (QED) is 0.301. The molecule has 4 rings (SSSR count). The topological polar surface area (TPSA) is 85.1 Å². The molecule has 0 saturated heterocycles. The fraction of sp³-hybridized carbons (Fsp3) is 0.400. The zero-order chi connectivity index (χ0) is 27.4. The van der Waals surface area contributed by atoms with Gasteiger partial charge in [-0.15, -0.1) is 0 Å². The van der Waals surface area contributed by atoms with E-state index in [1.54, 1.807) is 0 Å². The van der Waals surface area contributed by atoms with E-state index in [9.17, 15) is 0 Å². The first-order chi connectivity index (χ1) is 17.8. The molecule has 2 unspecified atom stereocenters. The monoisotopic (exact) mass is 521 g/mol. The Morgan fingerprint density at radius 3 is 2.38 bits per heavy atom. The van der Waals surface area contributed by atoms with Crippen molar-refractivity contribution < 1.29 is 4.74 Å². The van der Waals surface area contributed by atoms with E-state index in [-0.39, 0.29) is 6.04 Å². The molecule has 37 heavy (non-hydrogen) atoms. The highest BCUT2D eigenvalue weighted by Gasteiger charge is 2.21. The predicted molar refractivity (Wildman–Crippen MR) is 160 cm³/mol. The first kappa shape index (κ1) is 30.0. The number of rotatable bonds is 4. The highest BCUT2D eigenvalue weighted by Crippen LogP contribution is 2.31. The third-order valence-electron chi connectivity index (χ3n) is 5.83. The summed E-state index contributed by atoms with van der Waals surface area (Å²) in [5, 5.41) is 3.70. The van der Waals surface area contributed by atoms with Crippen LogP contribution in [0.3, 0.4) is 0 Å². The van der Waals surface area contributed by atoms with Crippen LogP contribution in [-0.4, -0.2) is 22.6 Å². The number of hydrogen-bond acceptors (Lipinski definition) is 7. The molecule has 0 fully saturated rings. The number of ether oxygens (including phenoxy) is 1. The maximum absolute atomic E-state index is 6.29. The number of aromatic nitrogens is 2. The van der Waals surface area contributed by atoms with Gasteiger partial charge in [-0.1, -0.05) is 65.5 Å². The number of nitrogens with two attached hydrogens (primary N) is 1. The maximum atomic E-state index is 6.29. The van der Waals surface area contributed by atoms with Crippen molar-refractivity contribution in [2.24, 2.45) is 17.6 Å². The van der Waals surface area contributed by atoms with Gasteiger partial charge >= 0.3 is 0 Å². The average Bonchev–Trinajstić information content (AvgIpc) is 2.86. The van der Waals surface area contributed by atoms with Crippen LogP contribution < -0.4 is 20.5 Å². The number of nitrogens with one attached hydrogen (secondary N) is 2. The molecule has 0 aliphatic carbocycles. The molecule has 2 heterocycles. The van der Waals surface area contributed by atoms with Gasteiger partial charge < -0.3 is 15.8 Å². The average molecular weight is 522 g/mol. The summed E-state index contributed by atoms with van der Waals surface area (Å²) in [6.07, 6.45) is 2.37. The lowest BCUT2D eigenvalue weighted by molar-refractivity contribution is 0.242. The minimum absolute atomic E-state index is 0.173. The molecule has 1 aromatic heterocycles. The van der Waals surface area contributed by atoms with Crippen molar-refractivity contribution in [1.29, 1.82) is 0 Å². The fourth-order valence-electron chi connectivity index (χ4n) is 4.29. The first-order valence-electron chi connectivity index (χ1n) is 13.0. The second kappa shape index (κ2) is 15.2. The van der Waals surface area contributed by atoms with E-state index in [1.165, 1.54) is 29.3 Å². The molecule has 4 bridgehead atoms. The van der Waals surface area contributed by atoms with Crippen LogP contribution in [-0.2, 0) is 0 Å². The minimum atomic E-state index is 0.173. The van der Waals surface area contributed by atoms with Gasteiger partial charge in [0.05, 0.1) is 11.7 Å². The Morgan fingerprint density at radius 1 is 1.08 bits per heavy atom. The summed E-state index contributed by atoms with van der Waals surface area (Å²) >= 11 is 1.51. The van der Waals surface area contributed by atoms with Crippen LogP contribution in [0.25, 0.3) is 11.3 Å². The van der Waals surface area contributed by atoms with E-state index in [0.29, 0.717) is 30.3 Å². The lowest BCUT2D eigenvalue weighted by Crippen LogP contribution is -2.34. The molecule has 2 atom stereocenters. The molecule has 2 aromatic carbocycles. The van der Waals surface area contributed by atoms with Crippen LogP contribution in [0.5, 0.6) is 5.88 Å². The van der Waals surface area contributed by atoms with Crippen LogP contribution >= 0.6 is 11.9 Å². The van der Waals surface area contributed by atoms with Crippen molar-refractivity contribution >= 4 is 23.6 Å². The van der Waals surface area contributed by atoms with Crippen molar-refractivity contribution in [2.45, 2.75) is 65.8 Å². The summed E-state index contributed by atoms with van der Waals surface area (Å²) in [5.41, 5.74) is 10.1. The number of hydrogen-bond donors (Lipinski definition) is 3. The van der Waals surface area contributed by atoms with Crippen LogP contribution in [0.1, 0.15) is 52.2 Å². The summed E-state index contributed by atoms with van der Waals surface area (Å²) in [6.45, 7) is 18.7. The molecule has 200 valence electrons. The Bertz CT molecular complexity index is 1110. The minimum Gasteiger partial charge on any atom is -0.475 e. The Hall–Kier alpha value is -3.19. The Kier molecular flexibility index (Phi) is 12.3. The molecule has 4 N–H and O–H groups in total. The third-order valence-corrected chi connectivity index (χ3v) is 6.60. The molecule has 3 aromatic rings. The molecule has 6 nitrogen and oxygen atoms in total. The number of aryl methyl sites for hydroxylation is 2. The van der Waals surface area contributed by atoms with Gasteiger partial charge in [0, 0.05) is 22.2 Å². The Morgan fingerprint density at radius 2 is 1.73 bits per heavy atom. The maximum Gasteiger partial charge on any atom is 0.237 e. The van der Waals surface area contributed by atoms with Crippen molar-refractivity contribution in [3.8, 4) is 17.1 Å². The number of nitrogens with zero attached hydrogens (tertiary/aromatic N) is 2. The SMILES string of the molecule is C=CN.CC.Cc1cccc(C)c1-c1cc2nc(n1)NSc1cccc(c1)NC(C(C)CC(C)C)CO2. The number of fused-ring (bicyclic) bond motifs is 4. The molecular weight excluding hydrogens is 478 g/mol. The Labute approximate surface area is 227 Å². The number of benzene rings is 2. The summed E-state index contributed by atoms with van der Waals surface area (Å²) < 4.78 is 9.59. The normalized spacial score (nSPS) is 15.0. The lowest BCUT2D eigenvalue weighted by atomic mass is 9.92. The van der Waals surface area contributed by atoms with Gasteiger partial charge in [-0.3, -0.25) is 4.72 Å². The number of anilines is 2. The third kappa shape index (κ3) is 9.01. The molecule has 0 saturated carbocycles. The van der Waals surface area contributed by atoms with E-state index < -0.39 is 0 Å². The van der Waals surface area contributed by atoms with Gasteiger partial charge in [0.1, 0.15) is 6.61 Å². The highest BCUT2D eigenvalue weighted by atomic mass is 32.2. The van der Waals surface area contributed by atoms with E-state index in [4.69, 9.17) is 9.72 Å². The van der Waals surface area contributed by atoms with E-state index in [1.807, 2.05) is 19.9 Å². The first-order valence-corrected chi connectivity index (χ1v) is 13.8. The van der Waals surface area contributed by atoms with Crippen molar-refractivity contribution in [1.82, 2.24) is 9.97 Å². The van der Waals surface area contributed by atoms with Gasteiger partial charge in [-0.05, 0) is 79.6 Å². The largest absolute Gasteiger partial charge is 0.475 e. The molecule has 0 spiro atoms. The fourth-order valence-corrected chi connectivity index (χ4v) is 4.92. The predicted octanol–water partition coefficient (Wildman–Crippen LogP) is 7.85. The van der Waals surface area contributed by atoms with Crippen molar-refractivity contribution in [2.75, 3.05) is 16.6 Å². The molecular formula is C30H43N5OS. The van der Waals surface area contributed by atoms with Gasteiger partial charge in [0.25, 0.3) is 0 Å². The Balaban J connectivity index is 0.000000898. The van der Waals surface area contributed by atoms with Crippen LogP contribution in [0.4, 0.5) is 11.6 Å². The highest BCUT2D eigenvalue weighted by molar-refractivity contribution is 8.00. The standard InChI is InChI=1S/C26H32N4OS.C2H5N.C2H6/c1-16(2)12-19(5)23-15-31-24-14-22(25-17(3)8-6-9-18(25)4)28-26(29-24)30-32-21-11-7-10-20(13-21)27-23;1-2-3;1-2/h6-11,13-14,16,19,23,27H,12,15H2,1-5H3,(H,28,29,30);2H,1,3H2;1-2H3. The van der Waals surface area contributed by atoms with Gasteiger partial charge in [-0.2, -0.15) is 4.98 Å². The van der Waals surface area contributed by atoms with Crippen LogP contribution in [0.2, 0.25) is 0 Å². The smallest absolute Gasteiger partial charge is 0.237 e. The van der Waals surface area contributed by atoms with Crippen molar-refractivity contribution in [3.63, 3.8) is 0 Å². The van der Waals surface area contributed by atoms with Crippen LogP contribution in [0, 0.1) is 25.7 Å². The summed E-state index contributed by atoms with van der Waals surface area (Å²) in [4.78, 5) is 10.6. The molecule has 7 heteroatoms. The van der Waals surface area contributed by atoms with Gasteiger partial charge in [0.2, 0.25) is 11.8 Å². The van der Waals surface area contributed by atoms with Gasteiger partial charge in [0.15, 0.2) is 0 Å². The van der Waals surface area contributed by atoms with Crippen LogP contribution in [0.15, 0.2) is 66.2 Å². The summed E-state index contributed by atoms with van der Waals surface area (Å²) in [7, 11) is 0. The second-order valence-electron chi connectivity index (χ2n) is 9.32. The zero-order valence-electron chi connectivity index (χ0n) is 23.3.